The van der Waals surface area contributed by atoms with E-state index in [9.17, 15) is 0 Å². The van der Waals surface area contributed by atoms with E-state index in [1.165, 1.54) is 20.5 Å². The lowest BCUT2D eigenvalue weighted by molar-refractivity contribution is 0.577. The molecule has 2 aromatic rings. The zero-order valence-electron chi connectivity index (χ0n) is 8.49. The van der Waals surface area contributed by atoms with Crippen molar-refractivity contribution >= 4 is 22.7 Å². The fraction of sp³-hybridized carbons (Fsp3) is 0.364. The fourth-order valence-corrected chi connectivity index (χ4v) is 3.95. The van der Waals surface area contributed by atoms with Crippen LogP contribution in [0.3, 0.4) is 0 Å². The van der Waals surface area contributed by atoms with E-state index in [1.807, 2.05) is 22.7 Å². The first-order chi connectivity index (χ1) is 7.34. The summed E-state index contributed by atoms with van der Waals surface area (Å²) in [7, 11) is 0. The van der Waals surface area contributed by atoms with E-state index in [0.717, 1.165) is 13.0 Å². The van der Waals surface area contributed by atoms with Gasteiger partial charge in [0.2, 0.25) is 0 Å². The minimum Gasteiger partial charge on any atom is -0.304 e. The molecule has 3 rings (SSSR count). The average Bonchev–Trinajstić information content (AvgIpc) is 2.82. The molecule has 0 unspecified atom stereocenters. The van der Waals surface area contributed by atoms with Crippen LogP contribution in [-0.4, -0.2) is 11.5 Å². The van der Waals surface area contributed by atoms with Crippen molar-refractivity contribution in [2.24, 2.45) is 0 Å². The van der Waals surface area contributed by atoms with Gasteiger partial charge in [-0.25, -0.2) is 4.98 Å². The Morgan fingerprint density at radius 3 is 3.27 bits per heavy atom. The monoisotopic (exact) mass is 236 g/mol. The summed E-state index contributed by atoms with van der Waals surface area (Å²) >= 11 is 3.65. The van der Waals surface area contributed by atoms with Crippen molar-refractivity contribution in [2.45, 2.75) is 19.4 Å². The van der Waals surface area contributed by atoms with Crippen molar-refractivity contribution in [3.05, 3.63) is 38.0 Å². The third-order valence-electron chi connectivity index (χ3n) is 2.63. The molecule has 2 nitrogen and oxygen atoms in total. The van der Waals surface area contributed by atoms with Crippen molar-refractivity contribution in [1.82, 2.24) is 10.3 Å². The van der Waals surface area contributed by atoms with E-state index in [4.69, 9.17) is 0 Å². The van der Waals surface area contributed by atoms with Crippen LogP contribution in [-0.2, 0) is 6.42 Å². The second-order valence-corrected chi connectivity index (χ2v) is 5.91. The van der Waals surface area contributed by atoms with Crippen LogP contribution in [0.2, 0.25) is 0 Å². The molecule has 1 N–H and O–H groups in total. The molecule has 15 heavy (non-hydrogen) atoms. The largest absolute Gasteiger partial charge is 0.304 e. The molecule has 1 atom stereocenters. The van der Waals surface area contributed by atoms with Gasteiger partial charge < -0.3 is 5.32 Å². The summed E-state index contributed by atoms with van der Waals surface area (Å²) < 4.78 is 0. The summed E-state index contributed by atoms with van der Waals surface area (Å²) in [6.07, 6.45) is 1.07. The van der Waals surface area contributed by atoms with Gasteiger partial charge >= 0.3 is 0 Å². The molecule has 0 fully saturated rings. The van der Waals surface area contributed by atoms with Crippen LogP contribution in [0.25, 0.3) is 0 Å². The highest BCUT2D eigenvalue weighted by atomic mass is 32.1. The molecule has 78 valence electrons. The van der Waals surface area contributed by atoms with E-state index in [2.05, 4.69) is 34.7 Å². The van der Waals surface area contributed by atoms with Gasteiger partial charge in [0.1, 0.15) is 0 Å². The molecule has 0 spiro atoms. The molecule has 1 aliphatic rings. The first-order valence-electron chi connectivity index (χ1n) is 5.07. The van der Waals surface area contributed by atoms with Crippen LogP contribution in [0.15, 0.2) is 17.5 Å². The summed E-state index contributed by atoms with van der Waals surface area (Å²) in [5, 5.41) is 6.90. The fourth-order valence-electron chi connectivity index (χ4n) is 2.00. The van der Waals surface area contributed by atoms with Crippen LogP contribution in [0.5, 0.6) is 0 Å². The van der Waals surface area contributed by atoms with Gasteiger partial charge in [0, 0.05) is 17.8 Å². The minimum atomic E-state index is 0.389. The molecular weight excluding hydrogens is 224 g/mol. The van der Waals surface area contributed by atoms with Crippen LogP contribution in [0.1, 0.15) is 26.5 Å². The lowest BCUT2D eigenvalue weighted by Crippen LogP contribution is -2.29. The summed E-state index contributed by atoms with van der Waals surface area (Å²) in [5.74, 6) is 0. The first-order valence-corrected chi connectivity index (χ1v) is 6.77. The smallest absolute Gasteiger partial charge is 0.0900 e. The zero-order valence-corrected chi connectivity index (χ0v) is 10.1. The molecule has 0 amide bonds. The topological polar surface area (TPSA) is 24.9 Å². The molecular formula is C11H12N2S2. The summed E-state index contributed by atoms with van der Waals surface area (Å²) in [4.78, 5) is 7.41. The Morgan fingerprint density at radius 1 is 1.53 bits per heavy atom. The van der Waals surface area contributed by atoms with E-state index in [-0.39, 0.29) is 0 Å². The quantitative estimate of drug-likeness (QED) is 0.823. The lowest BCUT2D eigenvalue weighted by Gasteiger charge is -2.21. The predicted octanol–water partition coefficient (Wildman–Crippen LogP) is 2.75. The third-order valence-corrected chi connectivity index (χ3v) is 4.65. The first kappa shape index (κ1) is 9.51. The molecule has 0 saturated heterocycles. The zero-order chi connectivity index (χ0) is 10.3. The third kappa shape index (κ3) is 1.62. The number of fused-ring (bicyclic) bond motifs is 1. The minimum absolute atomic E-state index is 0.389. The van der Waals surface area contributed by atoms with E-state index >= 15 is 0 Å². The maximum atomic E-state index is 4.59. The predicted molar refractivity (Wildman–Crippen MR) is 64.7 cm³/mol. The van der Waals surface area contributed by atoms with Crippen LogP contribution >= 0.6 is 22.7 Å². The molecule has 3 heterocycles. The van der Waals surface area contributed by atoms with E-state index in [1.54, 1.807) is 0 Å². The maximum Gasteiger partial charge on any atom is 0.0900 e. The number of thiazole rings is 1. The van der Waals surface area contributed by atoms with Gasteiger partial charge in [-0.05, 0) is 18.4 Å². The molecule has 4 heteroatoms. The van der Waals surface area contributed by atoms with Gasteiger partial charge in [-0.15, -0.1) is 22.7 Å². The maximum absolute atomic E-state index is 4.59. The number of hydrogen-bond donors (Lipinski definition) is 1. The Kier molecular flexibility index (Phi) is 2.35. The van der Waals surface area contributed by atoms with Crippen molar-refractivity contribution < 1.29 is 0 Å². The molecule has 0 radical (unpaired) electrons. The van der Waals surface area contributed by atoms with Gasteiger partial charge in [-0.1, -0.05) is 6.07 Å². The number of aromatic nitrogens is 1. The highest BCUT2D eigenvalue weighted by Crippen LogP contribution is 2.34. The second-order valence-electron chi connectivity index (χ2n) is 3.70. The summed E-state index contributed by atoms with van der Waals surface area (Å²) in [6.45, 7) is 3.13. The molecule has 0 saturated carbocycles. The second kappa shape index (κ2) is 3.70. The highest BCUT2D eigenvalue weighted by Gasteiger charge is 2.25. The number of nitrogens with zero attached hydrogens (tertiary/aromatic N) is 1. The standard InChI is InChI=1S/C11H12N2S2/c1-7-13-8-4-5-12-10(11(8)15-7)9-3-2-6-14-9/h2-3,6,10,12H,4-5H2,1H3/t10-/m1/s1. The number of aryl methyl sites for hydroxylation is 1. The van der Waals surface area contributed by atoms with Crippen LogP contribution in [0.4, 0.5) is 0 Å². The molecule has 0 bridgehead atoms. The molecule has 2 aromatic heterocycles. The van der Waals surface area contributed by atoms with E-state index < -0.39 is 0 Å². The number of rotatable bonds is 1. The van der Waals surface area contributed by atoms with Crippen molar-refractivity contribution in [3.63, 3.8) is 0 Å². The SMILES string of the molecule is Cc1nc2c(s1)[C@@H](c1cccs1)NCC2. The number of nitrogens with one attached hydrogen (secondary N) is 1. The normalized spacial score (nSPS) is 20.2. The highest BCUT2D eigenvalue weighted by molar-refractivity contribution is 7.12. The van der Waals surface area contributed by atoms with Crippen LogP contribution in [0, 0.1) is 6.92 Å². The van der Waals surface area contributed by atoms with Crippen molar-refractivity contribution in [1.29, 1.82) is 0 Å². The molecule has 1 aliphatic heterocycles. The van der Waals surface area contributed by atoms with Crippen LogP contribution < -0.4 is 5.32 Å². The van der Waals surface area contributed by atoms with Gasteiger partial charge in [0.25, 0.3) is 0 Å². The molecule has 0 aliphatic carbocycles. The number of hydrogen-bond acceptors (Lipinski definition) is 4. The average molecular weight is 236 g/mol. The number of thiophene rings is 1. The summed E-state index contributed by atoms with van der Waals surface area (Å²) in [6, 6.07) is 4.70. The van der Waals surface area contributed by atoms with Gasteiger partial charge in [-0.2, -0.15) is 0 Å². The Morgan fingerprint density at radius 2 is 2.47 bits per heavy atom. The van der Waals surface area contributed by atoms with Crippen molar-refractivity contribution in [2.75, 3.05) is 6.54 Å². The van der Waals surface area contributed by atoms with Crippen molar-refractivity contribution in [3.8, 4) is 0 Å². The van der Waals surface area contributed by atoms with Gasteiger partial charge in [0.15, 0.2) is 0 Å². The van der Waals surface area contributed by atoms with Gasteiger partial charge in [-0.3, -0.25) is 0 Å². The van der Waals surface area contributed by atoms with E-state index in [0.29, 0.717) is 6.04 Å². The Labute approximate surface area is 97.0 Å². The Hall–Kier alpha value is -0.710. The Balaban J connectivity index is 2.06. The Bertz CT molecular complexity index is 459. The summed E-state index contributed by atoms with van der Waals surface area (Å²) in [5.41, 5.74) is 1.30. The van der Waals surface area contributed by atoms with Gasteiger partial charge in [0.05, 0.1) is 21.6 Å². The molecule has 0 aromatic carbocycles. The lowest BCUT2D eigenvalue weighted by atomic mass is 10.1.